The Balaban J connectivity index is 1.09. The number of hydrogen-bond acceptors (Lipinski definition) is 8. The maximum atomic E-state index is 13.0. The number of benzene rings is 1. The number of carbonyl (C=O) groups excluding carboxylic acids is 2. The van der Waals surface area contributed by atoms with Crippen LogP contribution in [0, 0.1) is 12.8 Å². The molecule has 1 aliphatic carbocycles. The number of alkyl halides is 2. The minimum atomic E-state index is -2.59. The van der Waals surface area contributed by atoms with Crippen molar-refractivity contribution in [3.05, 3.63) is 58.7 Å². The van der Waals surface area contributed by atoms with Crippen LogP contribution in [0.3, 0.4) is 0 Å². The molecule has 212 valence electrons. The van der Waals surface area contributed by atoms with Gasteiger partial charge in [-0.2, -0.15) is 0 Å². The van der Waals surface area contributed by atoms with E-state index in [1.807, 2.05) is 37.3 Å². The van der Waals surface area contributed by atoms with Gasteiger partial charge in [0.05, 0.1) is 35.8 Å². The smallest absolute Gasteiger partial charge is 0.255 e. The fourth-order valence-electron chi connectivity index (χ4n) is 4.74. The van der Waals surface area contributed by atoms with Crippen LogP contribution in [0.4, 0.5) is 19.7 Å². The van der Waals surface area contributed by atoms with E-state index in [1.165, 1.54) is 18.3 Å². The van der Waals surface area contributed by atoms with Gasteiger partial charge in [0, 0.05) is 32.7 Å². The number of ether oxygens (including phenoxy) is 2. The molecule has 1 amide bonds. The van der Waals surface area contributed by atoms with E-state index in [4.69, 9.17) is 9.47 Å². The molecule has 2 aliphatic rings. The SMILES string of the molecule is CC(=O)Nc1nc(C)c(C(=O)C[C@@H](C)c2ccc(OC3CCN(c4ccc(OCC5CC5(F)F)cn4)C3)cc2)s1. The highest BCUT2D eigenvalue weighted by molar-refractivity contribution is 7.17. The molecule has 1 aromatic carbocycles. The van der Waals surface area contributed by atoms with Crippen molar-refractivity contribution in [1.29, 1.82) is 0 Å². The molecule has 3 aromatic rings. The van der Waals surface area contributed by atoms with Crippen LogP contribution in [0.15, 0.2) is 42.6 Å². The normalized spacial score (nSPS) is 20.2. The molecule has 40 heavy (non-hydrogen) atoms. The van der Waals surface area contributed by atoms with Crippen LogP contribution in [0.1, 0.15) is 60.0 Å². The van der Waals surface area contributed by atoms with Gasteiger partial charge >= 0.3 is 0 Å². The Kier molecular flexibility index (Phi) is 8.02. The lowest BCUT2D eigenvalue weighted by molar-refractivity contribution is -0.114. The highest BCUT2D eigenvalue weighted by atomic mass is 32.1. The first kappa shape index (κ1) is 27.9. The largest absolute Gasteiger partial charge is 0.491 e. The summed E-state index contributed by atoms with van der Waals surface area (Å²) in [6.07, 6.45) is 2.66. The first-order valence-corrected chi connectivity index (χ1v) is 14.2. The van der Waals surface area contributed by atoms with Gasteiger partial charge in [-0.3, -0.25) is 9.59 Å². The van der Waals surface area contributed by atoms with Gasteiger partial charge in [0.1, 0.15) is 23.4 Å². The van der Waals surface area contributed by atoms with Crippen LogP contribution in [-0.2, 0) is 4.79 Å². The van der Waals surface area contributed by atoms with Crippen molar-refractivity contribution in [2.24, 2.45) is 5.92 Å². The van der Waals surface area contributed by atoms with Gasteiger partial charge in [-0.15, -0.1) is 0 Å². The summed E-state index contributed by atoms with van der Waals surface area (Å²) in [6, 6.07) is 11.4. The minimum absolute atomic E-state index is 0.00291. The Morgan fingerprint density at radius 1 is 1.20 bits per heavy atom. The molecule has 1 saturated carbocycles. The number of Topliss-reactive ketones (excluding diaryl/α,β-unsaturated/α-hetero) is 1. The zero-order valence-electron chi connectivity index (χ0n) is 22.7. The Morgan fingerprint density at radius 2 is 1.93 bits per heavy atom. The van der Waals surface area contributed by atoms with Gasteiger partial charge in [0.25, 0.3) is 5.92 Å². The molecule has 11 heteroatoms. The molecule has 3 atom stereocenters. The molecule has 0 radical (unpaired) electrons. The number of rotatable bonds is 11. The maximum absolute atomic E-state index is 13.0. The van der Waals surface area contributed by atoms with E-state index in [0.717, 1.165) is 30.1 Å². The van der Waals surface area contributed by atoms with Crippen LogP contribution < -0.4 is 19.7 Å². The molecule has 0 spiro atoms. The molecule has 1 aliphatic heterocycles. The number of carbonyl (C=O) groups is 2. The van der Waals surface area contributed by atoms with E-state index in [9.17, 15) is 18.4 Å². The second-order valence-electron chi connectivity index (χ2n) is 10.5. The number of amides is 1. The topological polar surface area (TPSA) is 93.7 Å². The Bertz CT molecular complexity index is 1360. The summed E-state index contributed by atoms with van der Waals surface area (Å²) < 4.78 is 37.7. The zero-order chi connectivity index (χ0) is 28.4. The third kappa shape index (κ3) is 6.75. The van der Waals surface area contributed by atoms with Gasteiger partial charge in [0.15, 0.2) is 10.9 Å². The number of halogens is 2. The summed E-state index contributed by atoms with van der Waals surface area (Å²) in [5, 5.41) is 3.08. The summed E-state index contributed by atoms with van der Waals surface area (Å²) in [4.78, 5) is 35.6. The average molecular weight is 571 g/mol. The molecule has 1 saturated heterocycles. The summed E-state index contributed by atoms with van der Waals surface area (Å²) in [6.45, 7) is 6.69. The molecule has 2 aromatic heterocycles. The lowest BCUT2D eigenvalue weighted by Crippen LogP contribution is -2.25. The number of pyridine rings is 1. The van der Waals surface area contributed by atoms with E-state index in [-0.39, 0.29) is 36.7 Å². The fourth-order valence-corrected chi connectivity index (χ4v) is 5.70. The van der Waals surface area contributed by atoms with Gasteiger partial charge in [0.2, 0.25) is 5.91 Å². The number of thiazole rings is 1. The average Bonchev–Trinajstić information content (AvgIpc) is 3.21. The Morgan fingerprint density at radius 3 is 2.58 bits per heavy atom. The fraction of sp³-hybridized carbons (Fsp3) is 0.448. The number of ketones is 1. The van der Waals surface area contributed by atoms with Gasteiger partial charge in [-0.1, -0.05) is 30.4 Å². The lowest BCUT2D eigenvalue weighted by atomic mass is 9.95. The highest BCUT2D eigenvalue weighted by Crippen LogP contribution is 2.48. The van der Waals surface area contributed by atoms with Crippen LogP contribution in [0.25, 0.3) is 0 Å². The first-order valence-electron chi connectivity index (χ1n) is 13.3. The summed E-state index contributed by atoms with van der Waals surface area (Å²) in [5.41, 5.74) is 1.66. The third-order valence-electron chi connectivity index (χ3n) is 7.17. The number of aromatic nitrogens is 2. The van der Waals surface area contributed by atoms with Crippen LogP contribution in [0.2, 0.25) is 0 Å². The molecular formula is C29H32F2N4O4S. The number of hydrogen-bond donors (Lipinski definition) is 1. The van der Waals surface area contributed by atoms with Crippen LogP contribution in [-0.4, -0.2) is 53.4 Å². The third-order valence-corrected chi connectivity index (χ3v) is 8.29. The second-order valence-corrected chi connectivity index (χ2v) is 11.5. The van der Waals surface area contributed by atoms with Gasteiger partial charge in [-0.25, -0.2) is 18.7 Å². The van der Waals surface area contributed by atoms with Gasteiger partial charge in [-0.05, 0) is 42.7 Å². The van der Waals surface area contributed by atoms with Crippen molar-refractivity contribution in [2.75, 3.05) is 29.9 Å². The van der Waals surface area contributed by atoms with Crippen LogP contribution in [0.5, 0.6) is 11.5 Å². The highest BCUT2D eigenvalue weighted by Gasteiger charge is 2.57. The van der Waals surface area contributed by atoms with Crippen molar-refractivity contribution in [3.8, 4) is 11.5 Å². The minimum Gasteiger partial charge on any atom is -0.491 e. The molecule has 0 bridgehead atoms. The quantitative estimate of drug-likeness (QED) is 0.288. The molecule has 2 unspecified atom stereocenters. The molecule has 8 nitrogen and oxygen atoms in total. The van der Waals surface area contributed by atoms with Crippen molar-refractivity contribution < 1.29 is 27.8 Å². The van der Waals surface area contributed by atoms with E-state index in [1.54, 1.807) is 19.2 Å². The van der Waals surface area contributed by atoms with Crippen LogP contribution >= 0.6 is 11.3 Å². The van der Waals surface area contributed by atoms with Crippen molar-refractivity contribution >= 4 is 34.0 Å². The maximum Gasteiger partial charge on any atom is 0.255 e. The number of aryl methyl sites for hydroxylation is 1. The molecular weight excluding hydrogens is 538 g/mol. The Labute approximate surface area is 235 Å². The number of nitrogens with one attached hydrogen (secondary N) is 1. The van der Waals surface area contributed by atoms with Crippen molar-refractivity contribution in [3.63, 3.8) is 0 Å². The molecule has 3 heterocycles. The summed E-state index contributed by atoms with van der Waals surface area (Å²) in [5.74, 6) is -1.43. The molecule has 1 N–H and O–H groups in total. The summed E-state index contributed by atoms with van der Waals surface area (Å²) in [7, 11) is 0. The van der Waals surface area contributed by atoms with E-state index in [2.05, 4.69) is 20.2 Å². The predicted molar refractivity (Wildman–Crippen MR) is 149 cm³/mol. The van der Waals surface area contributed by atoms with E-state index in [0.29, 0.717) is 34.4 Å². The lowest BCUT2D eigenvalue weighted by Gasteiger charge is -2.19. The zero-order valence-corrected chi connectivity index (χ0v) is 23.5. The number of nitrogens with zero attached hydrogens (tertiary/aromatic N) is 3. The van der Waals surface area contributed by atoms with E-state index < -0.39 is 11.8 Å². The van der Waals surface area contributed by atoms with Gasteiger partial charge < -0.3 is 19.7 Å². The van der Waals surface area contributed by atoms with Crippen molar-refractivity contribution in [1.82, 2.24) is 9.97 Å². The monoisotopic (exact) mass is 570 g/mol. The second kappa shape index (κ2) is 11.5. The number of anilines is 2. The van der Waals surface area contributed by atoms with E-state index >= 15 is 0 Å². The standard InChI is InChI=1S/C29H32F2N4O4S/c1-17(12-25(37)27-18(2)33-28(40-27)34-19(3)36)20-4-6-22(7-5-20)39-24-10-11-35(15-24)26-9-8-23(14-32-26)38-16-21-13-29(21,30)31/h4-9,14,17,21,24H,10-13,15-16H2,1-3H3,(H,33,34,36)/t17-,21?,24?/m1/s1. The summed E-state index contributed by atoms with van der Waals surface area (Å²) >= 11 is 1.21. The Hall–Kier alpha value is -3.60. The molecule has 2 fully saturated rings. The van der Waals surface area contributed by atoms with Crippen molar-refractivity contribution in [2.45, 2.75) is 58.0 Å². The molecule has 5 rings (SSSR count). The first-order chi connectivity index (χ1) is 19.1. The predicted octanol–water partition coefficient (Wildman–Crippen LogP) is 5.87.